The summed E-state index contributed by atoms with van der Waals surface area (Å²) in [5.74, 6) is 0.492. The van der Waals surface area contributed by atoms with Gasteiger partial charge in [0.25, 0.3) is 0 Å². The molecule has 2 rings (SSSR count). The Bertz CT molecular complexity index is 781. The lowest BCUT2D eigenvalue weighted by Crippen LogP contribution is -2.23. The SMILES string of the molecule is CC(C)(C)OC(=O)c1ccc(N=Nc2ccc(OCCCCCCBr)cc2)cc1. The van der Waals surface area contributed by atoms with Crippen molar-refractivity contribution in [1.82, 2.24) is 0 Å². The van der Waals surface area contributed by atoms with Gasteiger partial charge in [-0.15, -0.1) is 0 Å². The van der Waals surface area contributed by atoms with E-state index in [1.165, 1.54) is 19.3 Å². The average molecular weight is 461 g/mol. The van der Waals surface area contributed by atoms with Gasteiger partial charge in [-0.1, -0.05) is 28.8 Å². The first kappa shape index (κ1) is 23.1. The molecule has 2 aromatic rings. The maximum Gasteiger partial charge on any atom is 0.338 e. The lowest BCUT2D eigenvalue weighted by Gasteiger charge is -2.19. The van der Waals surface area contributed by atoms with Crippen LogP contribution in [0.1, 0.15) is 56.8 Å². The van der Waals surface area contributed by atoms with Gasteiger partial charge in [-0.3, -0.25) is 0 Å². The van der Waals surface area contributed by atoms with E-state index in [9.17, 15) is 4.79 Å². The Morgan fingerprint density at radius 2 is 1.41 bits per heavy atom. The van der Waals surface area contributed by atoms with Crippen LogP contribution in [-0.4, -0.2) is 23.5 Å². The van der Waals surface area contributed by atoms with Crippen LogP contribution in [-0.2, 0) is 4.74 Å². The van der Waals surface area contributed by atoms with Gasteiger partial charge in [0.05, 0.1) is 23.5 Å². The number of nitrogens with zero attached hydrogens (tertiary/aromatic N) is 2. The zero-order chi connectivity index (χ0) is 21.1. The predicted molar refractivity (Wildman–Crippen MR) is 120 cm³/mol. The Morgan fingerprint density at radius 1 is 0.862 bits per heavy atom. The molecule has 0 aromatic heterocycles. The number of unbranched alkanes of at least 4 members (excludes halogenated alkanes) is 3. The van der Waals surface area contributed by atoms with Crippen molar-refractivity contribution >= 4 is 33.3 Å². The molecule has 0 spiro atoms. The van der Waals surface area contributed by atoms with E-state index in [4.69, 9.17) is 9.47 Å². The van der Waals surface area contributed by atoms with E-state index in [-0.39, 0.29) is 5.97 Å². The quantitative estimate of drug-likeness (QED) is 0.160. The summed E-state index contributed by atoms with van der Waals surface area (Å²) in [4.78, 5) is 12.0. The molecule has 0 aliphatic carbocycles. The van der Waals surface area contributed by atoms with Crippen molar-refractivity contribution in [2.75, 3.05) is 11.9 Å². The van der Waals surface area contributed by atoms with Crippen molar-refractivity contribution in [1.29, 1.82) is 0 Å². The molecule has 0 N–H and O–H groups in total. The third kappa shape index (κ3) is 9.22. The fourth-order valence-electron chi connectivity index (χ4n) is 2.47. The van der Waals surface area contributed by atoms with Crippen LogP contribution in [0, 0.1) is 0 Å². The molecular weight excluding hydrogens is 432 g/mol. The fraction of sp³-hybridized carbons (Fsp3) is 0.435. The van der Waals surface area contributed by atoms with Crippen LogP contribution in [0.3, 0.4) is 0 Å². The van der Waals surface area contributed by atoms with E-state index in [0.717, 1.165) is 29.8 Å². The summed E-state index contributed by atoms with van der Waals surface area (Å²) in [6.07, 6.45) is 4.69. The van der Waals surface area contributed by atoms with Gasteiger partial charge < -0.3 is 9.47 Å². The molecule has 156 valence electrons. The minimum atomic E-state index is -0.515. The highest BCUT2D eigenvalue weighted by Gasteiger charge is 2.17. The minimum absolute atomic E-state index is 0.348. The first-order chi connectivity index (χ1) is 13.9. The summed E-state index contributed by atoms with van der Waals surface area (Å²) in [5.41, 5.74) is 1.39. The molecule has 0 saturated heterocycles. The molecule has 0 fully saturated rings. The maximum absolute atomic E-state index is 12.0. The molecule has 29 heavy (non-hydrogen) atoms. The van der Waals surface area contributed by atoms with Gasteiger partial charge in [0, 0.05) is 5.33 Å². The molecule has 0 aliphatic rings. The second kappa shape index (κ2) is 11.7. The first-order valence-electron chi connectivity index (χ1n) is 9.91. The Balaban J connectivity index is 1.82. The lowest BCUT2D eigenvalue weighted by molar-refractivity contribution is 0.00695. The smallest absolute Gasteiger partial charge is 0.338 e. The molecule has 0 unspecified atom stereocenters. The van der Waals surface area contributed by atoms with Crippen LogP contribution in [0.25, 0.3) is 0 Å². The Morgan fingerprint density at radius 3 is 1.97 bits per heavy atom. The number of azo groups is 1. The van der Waals surface area contributed by atoms with Crippen LogP contribution in [0.5, 0.6) is 5.75 Å². The number of esters is 1. The van der Waals surface area contributed by atoms with Gasteiger partial charge in [-0.05, 0) is 82.1 Å². The number of ether oxygens (including phenoxy) is 2. The van der Waals surface area contributed by atoms with Crippen molar-refractivity contribution in [2.24, 2.45) is 10.2 Å². The number of carbonyl (C=O) groups is 1. The topological polar surface area (TPSA) is 60.2 Å². The summed E-state index contributed by atoms with van der Waals surface area (Å²) in [6, 6.07) is 14.4. The molecule has 0 radical (unpaired) electrons. The molecule has 0 amide bonds. The van der Waals surface area contributed by atoms with Gasteiger partial charge in [-0.25, -0.2) is 4.79 Å². The summed E-state index contributed by atoms with van der Waals surface area (Å²) in [7, 11) is 0. The van der Waals surface area contributed by atoms with Crippen molar-refractivity contribution in [3.05, 3.63) is 54.1 Å². The highest BCUT2D eigenvalue weighted by atomic mass is 79.9. The van der Waals surface area contributed by atoms with Crippen molar-refractivity contribution in [3.8, 4) is 5.75 Å². The van der Waals surface area contributed by atoms with Gasteiger partial charge in [0.2, 0.25) is 0 Å². The second-order valence-corrected chi connectivity index (χ2v) is 8.49. The van der Waals surface area contributed by atoms with E-state index >= 15 is 0 Å². The minimum Gasteiger partial charge on any atom is -0.494 e. The molecule has 6 heteroatoms. The van der Waals surface area contributed by atoms with Crippen molar-refractivity contribution < 1.29 is 14.3 Å². The third-order valence-corrected chi connectivity index (χ3v) is 4.48. The van der Waals surface area contributed by atoms with Crippen molar-refractivity contribution in [3.63, 3.8) is 0 Å². The summed E-state index contributed by atoms with van der Waals surface area (Å²) >= 11 is 3.44. The highest BCUT2D eigenvalue weighted by Crippen LogP contribution is 2.22. The number of hydrogen-bond acceptors (Lipinski definition) is 5. The zero-order valence-corrected chi connectivity index (χ0v) is 18.9. The molecule has 0 heterocycles. The molecule has 0 aliphatic heterocycles. The number of alkyl halides is 1. The average Bonchev–Trinajstić information content (AvgIpc) is 2.69. The van der Waals surface area contributed by atoms with Crippen LogP contribution < -0.4 is 4.74 Å². The van der Waals surface area contributed by atoms with E-state index in [0.29, 0.717) is 11.3 Å². The largest absolute Gasteiger partial charge is 0.494 e. The number of hydrogen-bond donors (Lipinski definition) is 0. The number of halogens is 1. The van der Waals surface area contributed by atoms with Crippen molar-refractivity contribution in [2.45, 2.75) is 52.1 Å². The molecule has 0 bridgehead atoms. The predicted octanol–water partition coefficient (Wildman–Crippen LogP) is 7.39. The van der Waals surface area contributed by atoms with Crippen LogP contribution in [0.2, 0.25) is 0 Å². The Hall–Kier alpha value is -2.21. The molecular formula is C23H29BrN2O3. The summed E-state index contributed by atoms with van der Waals surface area (Å²) in [6.45, 7) is 6.26. The lowest BCUT2D eigenvalue weighted by atomic mass is 10.1. The van der Waals surface area contributed by atoms with Gasteiger partial charge >= 0.3 is 5.97 Å². The van der Waals surface area contributed by atoms with Crippen LogP contribution in [0.4, 0.5) is 11.4 Å². The first-order valence-corrected chi connectivity index (χ1v) is 11.0. The van der Waals surface area contributed by atoms with Gasteiger partial charge in [-0.2, -0.15) is 10.2 Å². The monoisotopic (exact) mass is 460 g/mol. The zero-order valence-electron chi connectivity index (χ0n) is 17.4. The molecule has 0 atom stereocenters. The Kier molecular flexibility index (Phi) is 9.32. The number of rotatable bonds is 10. The van der Waals surface area contributed by atoms with E-state index in [1.54, 1.807) is 24.3 Å². The standard InChI is InChI=1S/C23H29BrN2O3/c1-23(2,3)29-22(27)18-8-10-19(11-9-18)25-26-20-12-14-21(15-13-20)28-17-7-5-4-6-16-24/h8-15H,4-7,16-17H2,1-3H3. The number of benzene rings is 2. The normalized spacial score (nSPS) is 11.6. The molecule has 5 nitrogen and oxygen atoms in total. The molecule has 0 saturated carbocycles. The van der Waals surface area contributed by atoms with Crippen LogP contribution >= 0.6 is 15.9 Å². The highest BCUT2D eigenvalue weighted by molar-refractivity contribution is 9.09. The van der Waals surface area contributed by atoms with Gasteiger partial charge in [0.1, 0.15) is 11.4 Å². The summed E-state index contributed by atoms with van der Waals surface area (Å²) < 4.78 is 11.1. The maximum atomic E-state index is 12.0. The van der Waals surface area contributed by atoms with E-state index < -0.39 is 5.60 Å². The molecule has 2 aromatic carbocycles. The van der Waals surface area contributed by atoms with E-state index in [1.807, 2.05) is 45.0 Å². The van der Waals surface area contributed by atoms with Gasteiger partial charge in [0.15, 0.2) is 0 Å². The van der Waals surface area contributed by atoms with Crippen LogP contribution in [0.15, 0.2) is 58.8 Å². The summed E-state index contributed by atoms with van der Waals surface area (Å²) in [5, 5.41) is 9.51. The second-order valence-electron chi connectivity index (χ2n) is 7.69. The van der Waals surface area contributed by atoms with E-state index in [2.05, 4.69) is 26.2 Å². The number of carbonyl (C=O) groups excluding carboxylic acids is 1. The Labute approximate surface area is 181 Å². The third-order valence-electron chi connectivity index (χ3n) is 3.92. The fourth-order valence-corrected chi connectivity index (χ4v) is 2.86.